The maximum Gasteiger partial charge on any atom is 0.225 e. The van der Waals surface area contributed by atoms with Gasteiger partial charge in [-0.2, -0.15) is 0 Å². The Morgan fingerprint density at radius 1 is 1.67 bits per heavy atom. The maximum absolute atomic E-state index is 8.88. The normalized spacial score (nSPS) is 9.56. The molecule has 0 atom stereocenters. The minimum atomic E-state index is 0.0374. The van der Waals surface area contributed by atoms with Crippen LogP contribution in [0, 0.1) is 3.57 Å². The molecule has 0 saturated carbocycles. The number of aromatic hydroxyl groups is 1. The molecule has 0 bridgehead atoms. The summed E-state index contributed by atoms with van der Waals surface area (Å²) in [5, 5.41) is 8.88. The number of halogens is 2. The van der Waals surface area contributed by atoms with Crippen LogP contribution in [0.25, 0.3) is 0 Å². The van der Waals surface area contributed by atoms with E-state index < -0.39 is 0 Å². The molecule has 9 heavy (non-hydrogen) atoms. The molecule has 0 unspecified atom stereocenters. The van der Waals surface area contributed by atoms with Crippen LogP contribution in [0.5, 0.6) is 5.88 Å². The average molecular weight is 300 g/mol. The maximum atomic E-state index is 8.88. The zero-order chi connectivity index (χ0) is 6.85. The number of rotatable bonds is 0. The highest BCUT2D eigenvalue weighted by Gasteiger charge is 1.96. The van der Waals surface area contributed by atoms with Crippen LogP contribution >= 0.6 is 38.5 Å². The van der Waals surface area contributed by atoms with Gasteiger partial charge in [-0.25, -0.2) is 4.98 Å². The van der Waals surface area contributed by atoms with Gasteiger partial charge in [0.15, 0.2) is 0 Å². The Bertz CT molecular complexity index is 228. The van der Waals surface area contributed by atoms with Crippen molar-refractivity contribution in [2.75, 3.05) is 0 Å². The zero-order valence-corrected chi connectivity index (χ0v) is 8.05. The Kier molecular flexibility index (Phi) is 2.29. The predicted molar refractivity (Wildman–Crippen MR) is 46.3 cm³/mol. The highest BCUT2D eigenvalue weighted by Crippen LogP contribution is 2.21. The van der Waals surface area contributed by atoms with Crippen LogP contribution in [0.3, 0.4) is 0 Å². The topological polar surface area (TPSA) is 33.1 Å². The van der Waals surface area contributed by atoms with Crippen molar-refractivity contribution in [3.8, 4) is 5.88 Å². The SMILES string of the molecule is Oc1ncc(I)cc1Br. The summed E-state index contributed by atoms with van der Waals surface area (Å²) >= 11 is 5.25. The van der Waals surface area contributed by atoms with Gasteiger partial charge in [-0.1, -0.05) is 0 Å². The van der Waals surface area contributed by atoms with E-state index >= 15 is 0 Å². The minimum absolute atomic E-state index is 0.0374. The van der Waals surface area contributed by atoms with E-state index in [4.69, 9.17) is 5.11 Å². The fraction of sp³-hybridized carbons (Fsp3) is 0. The third-order valence-electron chi connectivity index (χ3n) is 0.788. The van der Waals surface area contributed by atoms with Crippen molar-refractivity contribution in [2.24, 2.45) is 0 Å². The van der Waals surface area contributed by atoms with Crippen molar-refractivity contribution in [2.45, 2.75) is 0 Å². The Balaban J connectivity index is 3.17. The summed E-state index contributed by atoms with van der Waals surface area (Å²) in [6.07, 6.45) is 1.60. The highest BCUT2D eigenvalue weighted by atomic mass is 127. The molecule has 1 N–H and O–H groups in total. The van der Waals surface area contributed by atoms with Gasteiger partial charge in [-0.05, 0) is 44.6 Å². The Hall–Kier alpha value is 0.160. The molecule has 0 radical (unpaired) electrons. The van der Waals surface area contributed by atoms with Gasteiger partial charge in [-0.15, -0.1) is 0 Å². The molecule has 1 heterocycles. The predicted octanol–water partition coefficient (Wildman–Crippen LogP) is 2.15. The van der Waals surface area contributed by atoms with Gasteiger partial charge in [0, 0.05) is 9.77 Å². The number of nitrogens with zero attached hydrogens (tertiary/aromatic N) is 1. The molecule has 1 aromatic heterocycles. The third-order valence-corrected chi connectivity index (χ3v) is 1.96. The smallest absolute Gasteiger partial charge is 0.225 e. The van der Waals surface area contributed by atoms with Gasteiger partial charge in [0.1, 0.15) is 0 Å². The molecule has 0 aliphatic carbocycles. The van der Waals surface area contributed by atoms with Gasteiger partial charge in [0.05, 0.1) is 4.47 Å². The lowest BCUT2D eigenvalue weighted by Crippen LogP contribution is -1.77. The van der Waals surface area contributed by atoms with E-state index in [1.165, 1.54) is 0 Å². The largest absolute Gasteiger partial charge is 0.492 e. The van der Waals surface area contributed by atoms with Crippen molar-refractivity contribution in [1.29, 1.82) is 0 Å². The van der Waals surface area contributed by atoms with E-state index in [2.05, 4.69) is 43.5 Å². The fourth-order valence-corrected chi connectivity index (χ4v) is 1.63. The van der Waals surface area contributed by atoms with E-state index in [-0.39, 0.29) is 5.88 Å². The molecule has 0 aliphatic rings. The molecule has 0 spiro atoms. The van der Waals surface area contributed by atoms with Crippen LogP contribution in [0.4, 0.5) is 0 Å². The number of pyridine rings is 1. The first kappa shape index (κ1) is 7.27. The van der Waals surface area contributed by atoms with Crippen LogP contribution in [-0.2, 0) is 0 Å². The number of hydrogen-bond acceptors (Lipinski definition) is 2. The lowest BCUT2D eigenvalue weighted by molar-refractivity contribution is 0.449. The summed E-state index contributed by atoms with van der Waals surface area (Å²) in [5.41, 5.74) is 0. The first-order chi connectivity index (χ1) is 4.20. The van der Waals surface area contributed by atoms with Crippen LogP contribution < -0.4 is 0 Å². The number of hydrogen-bond donors (Lipinski definition) is 1. The lowest BCUT2D eigenvalue weighted by Gasteiger charge is -1.93. The first-order valence-electron chi connectivity index (χ1n) is 2.20. The minimum Gasteiger partial charge on any atom is -0.492 e. The lowest BCUT2D eigenvalue weighted by atomic mass is 10.5. The summed E-state index contributed by atoms with van der Waals surface area (Å²) in [6.45, 7) is 0. The van der Waals surface area contributed by atoms with Gasteiger partial charge >= 0.3 is 0 Å². The molecule has 0 saturated heterocycles. The Labute approximate surface area is 74.6 Å². The molecular weight excluding hydrogens is 297 g/mol. The molecule has 1 rings (SSSR count). The van der Waals surface area contributed by atoms with Crippen molar-refractivity contribution in [3.05, 3.63) is 20.3 Å². The third kappa shape index (κ3) is 1.79. The molecule has 0 amide bonds. The van der Waals surface area contributed by atoms with Gasteiger partial charge in [-0.3, -0.25) is 0 Å². The summed E-state index contributed by atoms with van der Waals surface area (Å²) in [6, 6.07) is 1.79. The fourth-order valence-electron chi connectivity index (χ4n) is 0.407. The molecule has 48 valence electrons. The van der Waals surface area contributed by atoms with Crippen molar-refractivity contribution in [1.82, 2.24) is 4.98 Å². The number of aromatic nitrogens is 1. The second kappa shape index (κ2) is 2.83. The summed E-state index contributed by atoms with van der Waals surface area (Å²) < 4.78 is 1.63. The molecule has 2 nitrogen and oxygen atoms in total. The van der Waals surface area contributed by atoms with E-state index in [0.29, 0.717) is 4.47 Å². The first-order valence-corrected chi connectivity index (χ1v) is 4.07. The van der Waals surface area contributed by atoms with Crippen molar-refractivity contribution in [3.63, 3.8) is 0 Å². The zero-order valence-electron chi connectivity index (χ0n) is 4.31. The van der Waals surface area contributed by atoms with Crippen molar-refractivity contribution < 1.29 is 5.11 Å². The standard InChI is InChI=1S/C5H3BrINO/c6-4-1-3(7)2-8-5(4)9/h1-2H,(H,8,9). The van der Waals surface area contributed by atoms with Gasteiger partial charge in [0.25, 0.3) is 0 Å². The summed E-state index contributed by atoms with van der Waals surface area (Å²) in [7, 11) is 0. The monoisotopic (exact) mass is 299 g/mol. The average Bonchev–Trinajstić information content (AvgIpc) is 1.80. The van der Waals surface area contributed by atoms with Crippen LogP contribution in [0.1, 0.15) is 0 Å². The second-order valence-corrected chi connectivity index (χ2v) is 3.56. The Morgan fingerprint density at radius 2 is 2.33 bits per heavy atom. The molecule has 1 aromatic rings. The quantitative estimate of drug-likeness (QED) is 0.745. The molecule has 4 heteroatoms. The van der Waals surface area contributed by atoms with E-state index in [1.807, 2.05) is 0 Å². The van der Waals surface area contributed by atoms with Crippen LogP contribution in [-0.4, -0.2) is 10.1 Å². The molecule has 0 aromatic carbocycles. The van der Waals surface area contributed by atoms with Crippen LogP contribution in [0.15, 0.2) is 16.7 Å². The highest BCUT2D eigenvalue weighted by molar-refractivity contribution is 14.1. The second-order valence-electron chi connectivity index (χ2n) is 1.46. The van der Waals surface area contributed by atoms with E-state index in [0.717, 1.165) is 3.57 Å². The van der Waals surface area contributed by atoms with Gasteiger partial charge in [0.2, 0.25) is 5.88 Å². The molecule has 0 aliphatic heterocycles. The Morgan fingerprint density at radius 3 is 2.78 bits per heavy atom. The van der Waals surface area contributed by atoms with E-state index in [1.54, 1.807) is 12.3 Å². The molecular formula is C5H3BrINO. The van der Waals surface area contributed by atoms with Crippen molar-refractivity contribution >= 4 is 38.5 Å². The summed E-state index contributed by atoms with van der Waals surface area (Å²) in [5.74, 6) is 0.0374. The molecule has 0 fully saturated rings. The van der Waals surface area contributed by atoms with E-state index in [9.17, 15) is 0 Å². The summed E-state index contributed by atoms with van der Waals surface area (Å²) in [4.78, 5) is 3.68. The van der Waals surface area contributed by atoms with Gasteiger partial charge < -0.3 is 5.11 Å². The van der Waals surface area contributed by atoms with Crippen LogP contribution in [0.2, 0.25) is 0 Å².